The molecular formula is C12H16N4O. The van der Waals surface area contributed by atoms with E-state index < -0.39 is 0 Å². The minimum Gasteiger partial charge on any atom is -0.406 e. The fraction of sp³-hybridized carbons (Fsp3) is 0.333. The van der Waals surface area contributed by atoms with Crippen LogP contribution < -0.4 is 11.1 Å². The van der Waals surface area contributed by atoms with Crippen LogP contribution in [0.15, 0.2) is 22.6 Å². The summed E-state index contributed by atoms with van der Waals surface area (Å²) < 4.78 is 5.39. The minimum atomic E-state index is -0.253. The summed E-state index contributed by atoms with van der Waals surface area (Å²) in [5.74, 6) is 0.429. The monoisotopic (exact) mass is 232 g/mol. The van der Waals surface area contributed by atoms with Gasteiger partial charge < -0.3 is 15.5 Å². The maximum Gasteiger partial charge on any atom is 0.320 e. The first-order valence-corrected chi connectivity index (χ1v) is 5.50. The van der Waals surface area contributed by atoms with Crippen LogP contribution in [0.4, 0.5) is 11.7 Å². The Kier molecular flexibility index (Phi) is 3.10. The van der Waals surface area contributed by atoms with Crippen LogP contribution in [-0.2, 0) is 0 Å². The van der Waals surface area contributed by atoms with Crippen LogP contribution in [-0.4, -0.2) is 10.2 Å². The summed E-state index contributed by atoms with van der Waals surface area (Å²) in [5.41, 5.74) is 8.98. The number of anilines is 2. The Morgan fingerprint density at radius 1 is 1.29 bits per heavy atom. The van der Waals surface area contributed by atoms with Crippen molar-refractivity contribution in [1.82, 2.24) is 10.2 Å². The van der Waals surface area contributed by atoms with Gasteiger partial charge in [-0.3, -0.25) is 0 Å². The molecule has 1 atom stereocenters. The molecule has 1 aromatic carbocycles. The Hall–Kier alpha value is -1.88. The van der Waals surface area contributed by atoms with Crippen LogP contribution >= 0.6 is 0 Å². The Morgan fingerprint density at radius 3 is 2.71 bits per heavy atom. The number of aromatic nitrogens is 2. The lowest BCUT2D eigenvalue weighted by Gasteiger charge is -2.07. The summed E-state index contributed by atoms with van der Waals surface area (Å²) in [4.78, 5) is 0. The largest absolute Gasteiger partial charge is 0.406 e. The van der Waals surface area contributed by atoms with E-state index in [9.17, 15) is 0 Å². The number of nitrogens with zero attached hydrogens (tertiary/aromatic N) is 2. The van der Waals surface area contributed by atoms with Gasteiger partial charge in [-0.1, -0.05) is 17.2 Å². The third-order valence-electron chi connectivity index (χ3n) is 2.68. The summed E-state index contributed by atoms with van der Waals surface area (Å²) >= 11 is 0. The molecular weight excluding hydrogens is 216 g/mol. The summed E-state index contributed by atoms with van der Waals surface area (Å²) in [6, 6.07) is 6.12. The highest BCUT2D eigenvalue weighted by Crippen LogP contribution is 2.22. The molecule has 0 saturated heterocycles. The van der Waals surface area contributed by atoms with Crippen molar-refractivity contribution >= 4 is 11.7 Å². The predicted octanol–water partition coefficient (Wildman–Crippen LogP) is 2.45. The van der Waals surface area contributed by atoms with Crippen molar-refractivity contribution in [2.75, 3.05) is 5.32 Å². The molecule has 0 radical (unpaired) electrons. The molecule has 1 aromatic heterocycles. The normalized spacial score (nSPS) is 12.5. The molecule has 5 nitrogen and oxygen atoms in total. The molecule has 90 valence electrons. The van der Waals surface area contributed by atoms with Crippen LogP contribution in [0, 0.1) is 13.8 Å². The van der Waals surface area contributed by atoms with Gasteiger partial charge in [0.2, 0.25) is 5.89 Å². The van der Waals surface area contributed by atoms with Gasteiger partial charge in [0, 0.05) is 5.69 Å². The summed E-state index contributed by atoms with van der Waals surface area (Å²) in [6.45, 7) is 5.90. The average Bonchev–Trinajstić information content (AvgIpc) is 2.73. The van der Waals surface area contributed by atoms with Crippen LogP contribution in [0.2, 0.25) is 0 Å². The standard InChI is InChI=1S/C12H16N4O/c1-7-5-4-6-10(8(7)2)14-12-16-15-11(17-12)9(3)13/h4-6,9H,13H2,1-3H3,(H,14,16). The van der Waals surface area contributed by atoms with E-state index in [2.05, 4.69) is 28.5 Å². The molecule has 0 aliphatic carbocycles. The zero-order valence-corrected chi connectivity index (χ0v) is 10.2. The number of benzene rings is 1. The predicted molar refractivity (Wildman–Crippen MR) is 66.1 cm³/mol. The molecule has 2 rings (SSSR count). The maximum atomic E-state index is 5.65. The summed E-state index contributed by atoms with van der Waals surface area (Å²) in [7, 11) is 0. The zero-order chi connectivity index (χ0) is 12.4. The van der Waals surface area contributed by atoms with Gasteiger partial charge in [-0.25, -0.2) is 0 Å². The molecule has 2 aromatic rings. The van der Waals surface area contributed by atoms with Crippen LogP contribution in [0.5, 0.6) is 0 Å². The molecule has 0 aliphatic rings. The third kappa shape index (κ3) is 2.45. The number of hydrogen-bond acceptors (Lipinski definition) is 5. The van der Waals surface area contributed by atoms with E-state index in [1.807, 2.05) is 19.1 Å². The van der Waals surface area contributed by atoms with Gasteiger partial charge in [-0.2, -0.15) is 0 Å². The molecule has 0 amide bonds. The van der Waals surface area contributed by atoms with Gasteiger partial charge in [0.1, 0.15) is 0 Å². The number of nitrogens with one attached hydrogen (secondary N) is 1. The molecule has 5 heteroatoms. The third-order valence-corrected chi connectivity index (χ3v) is 2.68. The molecule has 0 bridgehead atoms. The molecule has 0 fully saturated rings. The fourth-order valence-corrected chi connectivity index (χ4v) is 1.47. The first kappa shape index (κ1) is 11.6. The fourth-order valence-electron chi connectivity index (χ4n) is 1.47. The molecule has 1 unspecified atom stereocenters. The van der Waals surface area contributed by atoms with Gasteiger partial charge >= 0.3 is 6.01 Å². The van der Waals surface area contributed by atoms with Crippen molar-refractivity contribution < 1.29 is 4.42 Å². The minimum absolute atomic E-state index is 0.253. The van der Waals surface area contributed by atoms with Crippen molar-refractivity contribution in [3.8, 4) is 0 Å². The van der Waals surface area contributed by atoms with E-state index in [1.165, 1.54) is 5.56 Å². The lowest BCUT2D eigenvalue weighted by molar-refractivity contribution is 0.475. The number of hydrogen-bond donors (Lipinski definition) is 2. The molecule has 0 saturated carbocycles. The van der Waals surface area contributed by atoms with Gasteiger partial charge in [0.25, 0.3) is 0 Å². The number of aryl methyl sites for hydroxylation is 1. The quantitative estimate of drug-likeness (QED) is 0.850. The maximum absolute atomic E-state index is 5.65. The van der Waals surface area contributed by atoms with Crippen LogP contribution in [0.1, 0.15) is 30.0 Å². The van der Waals surface area contributed by atoms with E-state index in [1.54, 1.807) is 6.92 Å². The van der Waals surface area contributed by atoms with Crippen LogP contribution in [0.3, 0.4) is 0 Å². The molecule has 17 heavy (non-hydrogen) atoms. The molecule has 1 heterocycles. The van der Waals surface area contributed by atoms with E-state index in [0.717, 1.165) is 11.3 Å². The van der Waals surface area contributed by atoms with Crippen molar-refractivity contribution in [3.63, 3.8) is 0 Å². The van der Waals surface area contributed by atoms with Crippen molar-refractivity contribution in [1.29, 1.82) is 0 Å². The van der Waals surface area contributed by atoms with Crippen LogP contribution in [0.25, 0.3) is 0 Å². The lowest BCUT2D eigenvalue weighted by atomic mass is 10.1. The highest BCUT2D eigenvalue weighted by molar-refractivity contribution is 5.59. The summed E-state index contributed by atoms with van der Waals surface area (Å²) in [5, 5.41) is 10.8. The van der Waals surface area contributed by atoms with E-state index in [-0.39, 0.29) is 6.04 Å². The first-order chi connectivity index (χ1) is 8.08. The second-order valence-corrected chi connectivity index (χ2v) is 4.11. The molecule has 3 N–H and O–H groups in total. The Labute approximate surface area is 100 Å². The Bertz CT molecular complexity index is 519. The second-order valence-electron chi connectivity index (χ2n) is 4.11. The molecule has 0 aliphatic heterocycles. The van der Waals surface area contributed by atoms with Gasteiger partial charge in [0.05, 0.1) is 6.04 Å². The average molecular weight is 232 g/mol. The molecule has 0 spiro atoms. The highest BCUT2D eigenvalue weighted by Gasteiger charge is 2.10. The lowest BCUT2D eigenvalue weighted by Crippen LogP contribution is -2.04. The smallest absolute Gasteiger partial charge is 0.320 e. The van der Waals surface area contributed by atoms with Gasteiger partial charge in [0.15, 0.2) is 0 Å². The Balaban J connectivity index is 2.22. The number of rotatable bonds is 3. The van der Waals surface area contributed by atoms with Crippen molar-refractivity contribution in [2.24, 2.45) is 5.73 Å². The van der Waals surface area contributed by atoms with E-state index in [0.29, 0.717) is 11.9 Å². The first-order valence-electron chi connectivity index (χ1n) is 5.50. The van der Waals surface area contributed by atoms with Crippen molar-refractivity contribution in [2.45, 2.75) is 26.8 Å². The topological polar surface area (TPSA) is 77.0 Å². The summed E-state index contributed by atoms with van der Waals surface area (Å²) in [6.07, 6.45) is 0. The van der Waals surface area contributed by atoms with Gasteiger partial charge in [-0.05, 0) is 38.0 Å². The zero-order valence-electron chi connectivity index (χ0n) is 10.2. The van der Waals surface area contributed by atoms with E-state index in [4.69, 9.17) is 10.2 Å². The second kappa shape index (κ2) is 4.55. The van der Waals surface area contributed by atoms with Crippen molar-refractivity contribution in [3.05, 3.63) is 35.2 Å². The van der Waals surface area contributed by atoms with E-state index >= 15 is 0 Å². The van der Waals surface area contributed by atoms with Gasteiger partial charge in [-0.15, -0.1) is 5.10 Å². The number of nitrogens with two attached hydrogens (primary N) is 1. The Morgan fingerprint density at radius 2 is 2.06 bits per heavy atom. The highest BCUT2D eigenvalue weighted by atomic mass is 16.4. The SMILES string of the molecule is Cc1cccc(Nc2nnc(C(C)N)o2)c1C.